The maximum Gasteiger partial charge on any atom is 0.343 e. The molecule has 2 N–H and O–H groups in total. The SMILES string of the molecule is CC1(CC(=O)O)OCCO1.Cc1cc(C)c(C2=C(O)C3(CCCC3)OC2=O)c(C)c1.Cc1cc(C)c(C2=C(OC(=O)CC3(C)OCCO3)C3(CCCC3)OC2=O)c(C)c1.II. The van der Waals surface area contributed by atoms with Crippen molar-refractivity contribution in [2.45, 2.75) is 142 Å². The molecule has 15 heteroatoms. The Morgan fingerprint density at radius 1 is 0.623 bits per heavy atom. The van der Waals surface area contributed by atoms with Crippen molar-refractivity contribution in [2.75, 3.05) is 26.4 Å². The molecule has 4 aliphatic heterocycles. The predicted octanol–water partition coefficient (Wildman–Crippen LogP) is 9.63. The summed E-state index contributed by atoms with van der Waals surface area (Å²) in [6, 6.07) is 8.14. The number of ether oxygens (including phenoxy) is 7. The molecule has 2 saturated heterocycles. The first-order valence-corrected chi connectivity index (χ1v) is 27.0. The molecule has 61 heavy (non-hydrogen) atoms. The van der Waals surface area contributed by atoms with Crippen LogP contribution in [0.5, 0.6) is 0 Å². The van der Waals surface area contributed by atoms with Crippen molar-refractivity contribution < 1.29 is 62.5 Å². The number of carboxylic acid groups (broad SMARTS) is 1. The Bertz CT molecular complexity index is 2020. The van der Waals surface area contributed by atoms with Crippen molar-refractivity contribution in [1.82, 2.24) is 0 Å². The van der Waals surface area contributed by atoms with Gasteiger partial charge in [-0.1, -0.05) is 35.4 Å². The van der Waals surface area contributed by atoms with Gasteiger partial charge in [-0.3, -0.25) is 9.59 Å². The Labute approximate surface area is 381 Å². The van der Waals surface area contributed by atoms with Crippen LogP contribution >= 0.6 is 37.2 Å². The summed E-state index contributed by atoms with van der Waals surface area (Å²) in [5, 5.41) is 19.0. The van der Waals surface area contributed by atoms with Gasteiger partial charge in [0.2, 0.25) is 0 Å². The number of halogens is 2. The maximum absolute atomic E-state index is 13.0. The number of aliphatic hydroxyl groups is 1. The number of esters is 3. The summed E-state index contributed by atoms with van der Waals surface area (Å²) in [6.45, 7) is 17.2. The van der Waals surface area contributed by atoms with E-state index in [0.717, 1.165) is 83.0 Å². The molecule has 6 aliphatic rings. The number of aliphatic carboxylic acids is 1. The molecular weight excluding hydrogens is 1010 g/mol. The molecule has 4 heterocycles. The molecule has 2 spiro atoms. The van der Waals surface area contributed by atoms with E-state index in [9.17, 15) is 24.3 Å². The third-order valence-electron chi connectivity index (χ3n) is 11.9. The number of carbonyl (C=O) groups is 4. The number of aryl methyl sites for hydroxylation is 6. The van der Waals surface area contributed by atoms with Crippen molar-refractivity contribution in [3.8, 4) is 0 Å². The van der Waals surface area contributed by atoms with Crippen LogP contribution in [0.4, 0.5) is 0 Å². The summed E-state index contributed by atoms with van der Waals surface area (Å²) in [4.78, 5) is 48.3. The van der Waals surface area contributed by atoms with E-state index in [0.29, 0.717) is 56.2 Å². The molecular formula is C46H58I2O13. The molecule has 0 radical (unpaired) electrons. The maximum atomic E-state index is 13.0. The zero-order valence-corrected chi connectivity index (χ0v) is 40.7. The molecule has 2 aromatic carbocycles. The number of benzene rings is 2. The highest BCUT2D eigenvalue weighted by Gasteiger charge is 2.53. The Morgan fingerprint density at radius 3 is 1.41 bits per heavy atom. The average molecular weight is 1070 g/mol. The van der Waals surface area contributed by atoms with Crippen LogP contribution in [-0.2, 0) is 52.3 Å². The molecule has 4 fully saturated rings. The zero-order valence-electron chi connectivity index (χ0n) is 36.3. The van der Waals surface area contributed by atoms with Gasteiger partial charge in [0.15, 0.2) is 34.3 Å². The lowest BCUT2D eigenvalue weighted by Crippen LogP contribution is -2.33. The number of carbonyl (C=O) groups excluding carboxylic acids is 3. The van der Waals surface area contributed by atoms with Gasteiger partial charge in [0.1, 0.15) is 11.1 Å². The monoisotopic (exact) mass is 1070 g/mol. The molecule has 2 aromatic rings. The van der Waals surface area contributed by atoms with Crippen LogP contribution in [0.2, 0.25) is 0 Å². The van der Waals surface area contributed by atoms with Crippen molar-refractivity contribution in [2.24, 2.45) is 0 Å². The Balaban J connectivity index is 0.000000190. The molecule has 0 amide bonds. The second-order valence-corrected chi connectivity index (χ2v) is 17.0. The zero-order chi connectivity index (χ0) is 44.9. The van der Waals surface area contributed by atoms with Crippen molar-refractivity contribution in [1.29, 1.82) is 0 Å². The average Bonchev–Trinajstić information content (AvgIpc) is 4.04. The highest BCUT2D eigenvalue weighted by atomic mass is 128. The lowest BCUT2D eigenvalue weighted by molar-refractivity contribution is -0.175. The summed E-state index contributed by atoms with van der Waals surface area (Å²) < 4.78 is 38.5. The van der Waals surface area contributed by atoms with Crippen LogP contribution < -0.4 is 0 Å². The van der Waals surface area contributed by atoms with Gasteiger partial charge in [-0.05, 0) is 140 Å². The second-order valence-electron chi connectivity index (χ2n) is 17.0. The quantitative estimate of drug-likeness (QED) is 0.153. The summed E-state index contributed by atoms with van der Waals surface area (Å²) >= 11 is 4.24. The molecule has 0 unspecified atom stereocenters. The highest BCUT2D eigenvalue weighted by Crippen LogP contribution is 2.50. The first-order valence-electron chi connectivity index (χ1n) is 20.7. The smallest absolute Gasteiger partial charge is 0.343 e. The summed E-state index contributed by atoms with van der Waals surface area (Å²) in [5.41, 5.74) is 7.04. The van der Waals surface area contributed by atoms with Gasteiger partial charge < -0.3 is 43.4 Å². The number of rotatable bonds is 7. The lowest BCUT2D eigenvalue weighted by atomic mass is 9.90. The van der Waals surface area contributed by atoms with Crippen LogP contribution in [0.3, 0.4) is 0 Å². The van der Waals surface area contributed by atoms with E-state index in [1.807, 2.05) is 65.8 Å². The third kappa shape index (κ3) is 11.0. The van der Waals surface area contributed by atoms with Gasteiger partial charge in [-0.25, -0.2) is 9.59 Å². The number of aliphatic hydroxyl groups excluding tert-OH is 1. The van der Waals surface area contributed by atoms with Crippen molar-refractivity contribution in [3.63, 3.8) is 0 Å². The van der Waals surface area contributed by atoms with Gasteiger partial charge in [0.05, 0.1) is 39.3 Å². The van der Waals surface area contributed by atoms with Crippen molar-refractivity contribution >= 4 is 72.3 Å². The van der Waals surface area contributed by atoms with Gasteiger partial charge in [0.25, 0.3) is 0 Å². The minimum absolute atomic E-state index is 0.0418. The van der Waals surface area contributed by atoms with E-state index in [1.54, 1.807) is 13.8 Å². The standard InChI is InChI=1S/C23H28O6.C17H20O3.C6H10O4.I2/c1-14-11-15(2)18(16(3)12-14)19-20(23(29-21(19)25)7-5-6-8-23)28-17(24)13-22(4)26-9-10-27-22;1-10-8-11(2)13(12(3)9-10)14-15(18)17(20-16(14)19)6-4-5-7-17;1-6(4-5(7)8)9-2-3-10-6;1-2/h11-12H,5-10,13H2,1-4H3;8-9,18H,4-7H2,1-3H3;2-4H2,1H3,(H,7,8);. The third-order valence-corrected chi connectivity index (χ3v) is 11.9. The predicted molar refractivity (Wildman–Crippen MR) is 244 cm³/mol. The van der Waals surface area contributed by atoms with Gasteiger partial charge in [-0.15, -0.1) is 0 Å². The summed E-state index contributed by atoms with van der Waals surface area (Å²) in [7, 11) is 0. The van der Waals surface area contributed by atoms with Crippen molar-refractivity contribution in [3.05, 3.63) is 80.3 Å². The minimum Gasteiger partial charge on any atom is -0.507 e. The fourth-order valence-electron chi connectivity index (χ4n) is 9.49. The molecule has 8 rings (SSSR count). The lowest BCUT2D eigenvalue weighted by Gasteiger charge is -2.26. The highest BCUT2D eigenvalue weighted by molar-refractivity contribution is 15.0. The normalized spacial score (nSPS) is 21.3. The van der Waals surface area contributed by atoms with Gasteiger partial charge in [-0.2, -0.15) is 0 Å². The molecule has 0 aromatic heterocycles. The fraction of sp³-hybridized carbons (Fsp3) is 0.565. The van der Waals surface area contributed by atoms with Crippen LogP contribution in [0.15, 0.2) is 35.8 Å². The van der Waals surface area contributed by atoms with Gasteiger partial charge >= 0.3 is 23.9 Å². The van der Waals surface area contributed by atoms with E-state index in [2.05, 4.69) is 37.2 Å². The Hall–Kier alpha value is -3.10. The van der Waals surface area contributed by atoms with E-state index < -0.39 is 40.7 Å². The van der Waals surface area contributed by atoms with Crippen LogP contribution in [-0.4, -0.2) is 83.3 Å². The number of hydrogen-bond acceptors (Lipinski definition) is 12. The number of carboxylic acids is 1. The van der Waals surface area contributed by atoms with Crippen LogP contribution in [0, 0.1) is 41.5 Å². The van der Waals surface area contributed by atoms with E-state index in [-0.39, 0.29) is 24.6 Å². The molecule has 2 aliphatic carbocycles. The van der Waals surface area contributed by atoms with Gasteiger partial charge in [0, 0.05) is 37.2 Å². The fourth-order valence-corrected chi connectivity index (χ4v) is 9.49. The number of hydrogen-bond donors (Lipinski definition) is 2. The summed E-state index contributed by atoms with van der Waals surface area (Å²) in [6.07, 6.45) is 6.52. The van der Waals surface area contributed by atoms with E-state index in [1.165, 1.54) is 0 Å². The largest absolute Gasteiger partial charge is 0.507 e. The first kappa shape index (κ1) is 48.9. The molecule has 0 bridgehead atoms. The molecule has 13 nitrogen and oxygen atoms in total. The van der Waals surface area contributed by atoms with E-state index >= 15 is 0 Å². The minimum atomic E-state index is -0.986. The van der Waals surface area contributed by atoms with E-state index in [4.69, 9.17) is 38.3 Å². The second kappa shape index (κ2) is 20.2. The molecule has 0 atom stereocenters. The van der Waals surface area contributed by atoms with Crippen LogP contribution in [0.25, 0.3) is 11.1 Å². The van der Waals surface area contributed by atoms with Crippen LogP contribution in [0.1, 0.15) is 123 Å². The first-order chi connectivity index (χ1) is 28.8. The molecule has 334 valence electrons. The Kier molecular flexibility index (Phi) is 16.2. The topological polar surface area (TPSA) is 173 Å². The Morgan fingerprint density at radius 2 is 0.984 bits per heavy atom. The summed E-state index contributed by atoms with van der Waals surface area (Å²) in [5.74, 6) is -3.52. The molecule has 2 saturated carbocycles.